The maximum Gasteiger partial charge on any atom is 0.263 e. The van der Waals surface area contributed by atoms with E-state index < -0.39 is 0 Å². The summed E-state index contributed by atoms with van der Waals surface area (Å²) in [5, 5.41) is 7.66. The number of carbonyl (C=O) groups excluding carboxylic acids is 1. The van der Waals surface area contributed by atoms with Gasteiger partial charge in [0.2, 0.25) is 0 Å². The molecule has 162 valence electrons. The third-order valence-electron chi connectivity index (χ3n) is 6.21. The topological polar surface area (TPSA) is 92.5 Å². The lowest BCUT2D eigenvalue weighted by Gasteiger charge is -2.31. The van der Waals surface area contributed by atoms with Crippen molar-refractivity contribution >= 4 is 49.5 Å². The Morgan fingerprint density at radius 2 is 2.10 bits per heavy atom. The van der Waals surface area contributed by atoms with E-state index in [1.807, 2.05) is 0 Å². The van der Waals surface area contributed by atoms with Crippen LogP contribution in [0.1, 0.15) is 39.0 Å². The number of fused-ring (bicyclic) bond motifs is 2. The van der Waals surface area contributed by atoms with E-state index in [0.29, 0.717) is 23.1 Å². The Morgan fingerprint density at radius 1 is 1.26 bits per heavy atom. The van der Waals surface area contributed by atoms with Gasteiger partial charge in [-0.15, -0.1) is 22.7 Å². The summed E-state index contributed by atoms with van der Waals surface area (Å²) in [6, 6.07) is 6.35. The summed E-state index contributed by atoms with van der Waals surface area (Å²) in [4.78, 5) is 21.5. The average Bonchev–Trinajstić information content (AvgIpc) is 3.49. The van der Waals surface area contributed by atoms with Crippen molar-refractivity contribution in [3.05, 3.63) is 33.6 Å². The molecule has 3 aromatic rings. The van der Waals surface area contributed by atoms with Crippen molar-refractivity contribution in [2.45, 2.75) is 31.2 Å². The van der Waals surface area contributed by atoms with Crippen LogP contribution in [-0.2, 0) is 6.42 Å². The summed E-state index contributed by atoms with van der Waals surface area (Å²) in [6.07, 6.45) is 3.19. The summed E-state index contributed by atoms with van der Waals surface area (Å²) in [5.41, 5.74) is 9.22. The van der Waals surface area contributed by atoms with E-state index in [0.717, 1.165) is 58.5 Å². The molecule has 6 rings (SSSR count). The first kappa shape index (κ1) is 19.3. The molecule has 1 aliphatic carbocycles. The SMILES string of the molecule is Nc1c(C(=O)N[C@H]2COc3cc(N4CCNCC4)ccc3C2)sc2nc(C3CC3)sc12. The number of ether oxygens (including phenoxy) is 1. The first-order valence-corrected chi connectivity index (χ1v) is 12.5. The number of hydrogen-bond acceptors (Lipinski definition) is 8. The Hall–Kier alpha value is -2.36. The molecule has 0 bridgehead atoms. The number of anilines is 2. The van der Waals surface area contributed by atoms with Gasteiger partial charge in [0.1, 0.15) is 22.1 Å². The van der Waals surface area contributed by atoms with E-state index in [-0.39, 0.29) is 11.9 Å². The molecule has 3 aliphatic rings. The van der Waals surface area contributed by atoms with Crippen LogP contribution >= 0.6 is 22.7 Å². The Morgan fingerprint density at radius 3 is 2.87 bits per heavy atom. The van der Waals surface area contributed by atoms with E-state index in [2.05, 4.69) is 33.7 Å². The first-order chi connectivity index (χ1) is 15.2. The third kappa shape index (κ3) is 3.64. The molecule has 9 heteroatoms. The van der Waals surface area contributed by atoms with Crippen molar-refractivity contribution in [1.82, 2.24) is 15.6 Å². The predicted octanol–water partition coefficient (Wildman–Crippen LogP) is 2.96. The predicted molar refractivity (Wildman–Crippen MR) is 126 cm³/mol. The highest BCUT2D eigenvalue weighted by molar-refractivity contribution is 7.29. The molecule has 2 aliphatic heterocycles. The number of nitrogens with zero attached hydrogens (tertiary/aromatic N) is 2. The summed E-state index contributed by atoms with van der Waals surface area (Å²) in [7, 11) is 0. The average molecular weight is 456 g/mol. The zero-order chi connectivity index (χ0) is 20.9. The number of nitrogens with two attached hydrogens (primary N) is 1. The van der Waals surface area contributed by atoms with Crippen molar-refractivity contribution in [3.8, 4) is 5.75 Å². The van der Waals surface area contributed by atoms with E-state index >= 15 is 0 Å². The fraction of sp³-hybridized carbons (Fsp3) is 0.455. The number of piperazine rings is 1. The standard InChI is InChI=1S/C22H25N5O2S2/c23-17-18(30-22-19(17)31-21(26-22)12-1-2-12)20(28)25-14-9-13-3-4-15(10-16(13)29-11-14)27-7-5-24-6-8-27/h3-4,10,12,14,24H,1-2,5-9,11,23H2,(H,25,28)/t14-/m1/s1. The Labute approximate surface area is 188 Å². The summed E-state index contributed by atoms with van der Waals surface area (Å²) in [6.45, 7) is 4.50. The molecule has 2 aromatic heterocycles. The third-order valence-corrected chi connectivity index (χ3v) is 8.69. The van der Waals surface area contributed by atoms with E-state index in [1.54, 1.807) is 11.3 Å². The van der Waals surface area contributed by atoms with Gasteiger partial charge >= 0.3 is 0 Å². The van der Waals surface area contributed by atoms with Crippen LogP contribution < -0.4 is 26.0 Å². The molecule has 1 saturated carbocycles. The molecule has 4 N–H and O–H groups in total. The van der Waals surface area contributed by atoms with Crippen molar-refractivity contribution in [3.63, 3.8) is 0 Å². The van der Waals surface area contributed by atoms with Gasteiger partial charge in [-0.25, -0.2) is 4.98 Å². The molecule has 2 fully saturated rings. The van der Waals surface area contributed by atoms with Gasteiger partial charge in [-0.1, -0.05) is 6.07 Å². The number of nitrogen functional groups attached to an aromatic ring is 1. The van der Waals surface area contributed by atoms with Gasteiger partial charge in [0.05, 0.1) is 21.4 Å². The van der Waals surface area contributed by atoms with Gasteiger partial charge in [-0.3, -0.25) is 4.79 Å². The normalized spacial score (nSPS) is 21.0. The number of thiazole rings is 1. The highest BCUT2D eigenvalue weighted by atomic mass is 32.1. The molecule has 0 unspecified atom stereocenters. The number of benzene rings is 1. The maximum atomic E-state index is 12.9. The molecule has 4 heterocycles. The second kappa shape index (κ2) is 7.65. The number of amides is 1. The van der Waals surface area contributed by atoms with Crippen LogP contribution in [0.25, 0.3) is 9.53 Å². The van der Waals surface area contributed by atoms with E-state index in [4.69, 9.17) is 15.5 Å². The molecule has 7 nitrogen and oxygen atoms in total. The van der Waals surface area contributed by atoms with Gasteiger partial charge in [0.15, 0.2) is 0 Å². The minimum Gasteiger partial charge on any atom is -0.491 e. The second-order valence-electron chi connectivity index (χ2n) is 8.52. The van der Waals surface area contributed by atoms with Crippen LogP contribution in [-0.4, -0.2) is 49.7 Å². The highest BCUT2D eigenvalue weighted by Crippen LogP contribution is 2.46. The molecule has 0 radical (unpaired) electrons. The van der Waals surface area contributed by atoms with Gasteiger partial charge in [-0.2, -0.15) is 0 Å². The molecular formula is C22H25N5O2S2. The fourth-order valence-electron chi connectivity index (χ4n) is 4.31. The Bertz CT molecular complexity index is 1150. The van der Waals surface area contributed by atoms with Gasteiger partial charge in [0.25, 0.3) is 5.91 Å². The molecular weight excluding hydrogens is 430 g/mol. The zero-order valence-corrected chi connectivity index (χ0v) is 18.8. The monoisotopic (exact) mass is 455 g/mol. The van der Waals surface area contributed by atoms with Crippen LogP contribution in [0, 0.1) is 0 Å². The molecule has 0 spiro atoms. The number of rotatable bonds is 4. The van der Waals surface area contributed by atoms with Crippen molar-refractivity contribution < 1.29 is 9.53 Å². The van der Waals surface area contributed by atoms with Crippen LogP contribution in [0.15, 0.2) is 18.2 Å². The first-order valence-electron chi connectivity index (χ1n) is 10.9. The quantitative estimate of drug-likeness (QED) is 0.560. The zero-order valence-electron chi connectivity index (χ0n) is 17.1. The lowest BCUT2D eigenvalue weighted by molar-refractivity contribution is 0.0920. The van der Waals surface area contributed by atoms with Crippen molar-refractivity contribution in [2.75, 3.05) is 43.4 Å². The van der Waals surface area contributed by atoms with Crippen LogP contribution in [0.2, 0.25) is 0 Å². The van der Waals surface area contributed by atoms with Gasteiger partial charge < -0.3 is 26.0 Å². The molecule has 1 saturated heterocycles. The summed E-state index contributed by atoms with van der Waals surface area (Å²) < 4.78 is 6.99. The summed E-state index contributed by atoms with van der Waals surface area (Å²) in [5.74, 6) is 1.40. The van der Waals surface area contributed by atoms with E-state index in [1.165, 1.54) is 29.9 Å². The number of carbonyl (C=O) groups is 1. The van der Waals surface area contributed by atoms with Crippen molar-refractivity contribution in [2.24, 2.45) is 0 Å². The van der Waals surface area contributed by atoms with Gasteiger partial charge in [0, 0.05) is 43.9 Å². The number of nitrogens with one attached hydrogen (secondary N) is 2. The number of thiophene rings is 1. The Balaban J connectivity index is 1.14. The minimum absolute atomic E-state index is 0.0699. The molecule has 31 heavy (non-hydrogen) atoms. The van der Waals surface area contributed by atoms with Crippen LogP contribution in [0.4, 0.5) is 11.4 Å². The largest absolute Gasteiger partial charge is 0.491 e. The fourth-order valence-corrected chi connectivity index (χ4v) is 6.68. The number of hydrogen-bond donors (Lipinski definition) is 3. The van der Waals surface area contributed by atoms with Crippen LogP contribution in [0.5, 0.6) is 5.75 Å². The van der Waals surface area contributed by atoms with E-state index in [9.17, 15) is 4.79 Å². The van der Waals surface area contributed by atoms with Gasteiger partial charge in [-0.05, 0) is 30.9 Å². The number of aromatic nitrogens is 1. The maximum absolute atomic E-state index is 12.9. The van der Waals surface area contributed by atoms with Crippen molar-refractivity contribution in [1.29, 1.82) is 0 Å². The lowest BCUT2D eigenvalue weighted by atomic mass is 10.0. The van der Waals surface area contributed by atoms with Crippen LogP contribution in [0.3, 0.4) is 0 Å². The summed E-state index contributed by atoms with van der Waals surface area (Å²) >= 11 is 3.04. The lowest BCUT2D eigenvalue weighted by Crippen LogP contribution is -2.44. The smallest absolute Gasteiger partial charge is 0.263 e. The Kier molecular flexibility index (Phi) is 4.77. The minimum atomic E-state index is -0.129. The molecule has 1 atom stereocenters. The second-order valence-corrected chi connectivity index (χ2v) is 10.5. The molecule has 1 aromatic carbocycles. The molecule has 1 amide bonds. The highest BCUT2D eigenvalue weighted by Gasteiger charge is 2.30.